The van der Waals surface area contributed by atoms with Gasteiger partial charge in [-0.3, -0.25) is 5.84 Å². The van der Waals surface area contributed by atoms with E-state index in [-0.39, 0.29) is 6.10 Å². The Bertz CT molecular complexity index is 315. The Labute approximate surface area is 96.8 Å². The average molecular weight is 220 g/mol. The summed E-state index contributed by atoms with van der Waals surface area (Å²) in [4.78, 5) is 0. The molecule has 1 aromatic rings. The van der Waals surface area contributed by atoms with Gasteiger partial charge < -0.3 is 5.11 Å². The van der Waals surface area contributed by atoms with Gasteiger partial charge in [-0.1, -0.05) is 30.3 Å². The van der Waals surface area contributed by atoms with Crippen molar-refractivity contribution in [3.63, 3.8) is 0 Å². The minimum atomic E-state index is -0.262. The Morgan fingerprint density at radius 3 is 2.75 bits per heavy atom. The average Bonchev–Trinajstić information content (AvgIpc) is 2.29. The second-order valence-electron chi connectivity index (χ2n) is 4.64. The maximum Gasteiger partial charge on any atom is 0.0709 e. The molecule has 0 saturated carbocycles. The molecule has 88 valence electrons. The smallest absolute Gasteiger partial charge is 0.0709 e. The molecular weight excluding hydrogens is 200 g/mol. The molecule has 3 N–H and O–H groups in total. The van der Waals surface area contributed by atoms with E-state index < -0.39 is 0 Å². The largest absolute Gasteiger partial charge is 0.391 e. The summed E-state index contributed by atoms with van der Waals surface area (Å²) in [5.74, 6) is 6.07. The standard InChI is InChI=1S/C13H20N2O/c14-15-9-8-12(13(16)10-15)7-6-11-4-2-1-3-5-11/h1-5,12-13,16H,6-10,14H2. The van der Waals surface area contributed by atoms with Crippen LogP contribution in [0, 0.1) is 5.92 Å². The highest BCUT2D eigenvalue weighted by molar-refractivity contribution is 5.14. The molecule has 3 heteroatoms. The van der Waals surface area contributed by atoms with E-state index in [2.05, 4.69) is 24.3 Å². The van der Waals surface area contributed by atoms with E-state index >= 15 is 0 Å². The van der Waals surface area contributed by atoms with Gasteiger partial charge in [0.25, 0.3) is 0 Å². The third kappa shape index (κ3) is 3.04. The van der Waals surface area contributed by atoms with Crippen LogP contribution in [0.2, 0.25) is 0 Å². The van der Waals surface area contributed by atoms with Crippen molar-refractivity contribution in [1.29, 1.82) is 0 Å². The van der Waals surface area contributed by atoms with Gasteiger partial charge >= 0.3 is 0 Å². The van der Waals surface area contributed by atoms with Gasteiger partial charge in [0.2, 0.25) is 0 Å². The first kappa shape index (κ1) is 11.6. The Balaban J connectivity index is 1.82. The van der Waals surface area contributed by atoms with Crippen molar-refractivity contribution < 1.29 is 5.11 Å². The van der Waals surface area contributed by atoms with E-state index in [0.717, 1.165) is 25.8 Å². The number of nitrogens with two attached hydrogens (primary N) is 1. The molecule has 1 aliphatic heterocycles. The summed E-state index contributed by atoms with van der Waals surface area (Å²) in [6, 6.07) is 10.4. The van der Waals surface area contributed by atoms with Gasteiger partial charge in [-0.05, 0) is 30.7 Å². The van der Waals surface area contributed by atoms with Crippen molar-refractivity contribution >= 4 is 0 Å². The highest BCUT2D eigenvalue weighted by Crippen LogP contribution is 2.21. The fourth-order valence-electron chi connectivity index (χ4n) is 2.34. The van der Waals surface area contributed by atoms with Gasteiger partial charge in [0.05, 0.1) is 6.10 Å². The molecular formula is C13H20N2O. The second-order valence-corrected chi connectivity index (χ2v) is 4.64. The predicted octanol–water partition coefficient (Wildman–Crippen LogP) is 1.18. The molecule has 0 amide bonds. The highest BCUT2D eigenvalue weighted by Gasteiger charge is 2.25. The van der Waals surface area contributed by atoms with Crippen LogP contribution in [0.5, 0.6) is 0 Å². The number of aliphatic hydroxyl groups excluding tert-OH is 1. The predicted molar refractivity (Wildman–Crippen MR) is 64.6 cm³/mol. The molecule has 3 nitrogen and oxygen atoms in total. The molecule has 0 spiro atoms. The van der Waals surface area contributed by atoms with Crippen LogP contribution in [-0.4, -0.2) is 29.3 Å². The van der Waals surface area contributed by atoms with Crippen LogP contribution < -0.4 is 5.84 Å². The first-order valence-corrected chi connectivity index (χ1v) is 5.97. The number of benzene rings is 1. The summed E-state index contributed by atoms with van der Waals surface area (Å²) in [6.45, 7) is 1.51. The van der Waals surface area contributed by atoms with E-state index in [1.807, 2.05) is 6.07 Å². The monoisotopic (exact) mass is 220 g/mol. The summed E-state index contributed by atoms with van der Waals surface area (Å²) in [5, 5.41) is 11.6. The lowest BCUT2D eigenvalue weighted by atomic mass is 9.89. The van der Waals surface area contributed by atoms with E-state index in [0.29, 0.717) is 12.5 Å². The van der Waals surface area contributed by atoms with E-state index in [4.69, 9.17) is 5.84 Å². The fourth-order valence-corrected chi connectivity index (χ4v) is 2.34. The van der Waals surface area contributed by atoms with Crippen molar-refractivity contribution in [2.75, 3.05) is 13.1 Å². The maximum atomic E-state index is 9.90. The zero-order valence-electron chi connectivity index (χ0n) is 9.55. The van der Waals surface area contributed by atoms with Crippen LogP contribution in [-0.2, 0) is 6.42 Å². The number of aliphatic hydroxyl groups is 1. The number of nitrogens with zero attached hydrogens (tertiary/aromatic N) is 1. The van der Waals surface area contributed by atoms with Gasteiger partial charge in [0, 0.05) is 13.1 Å². The van der Waals surface area contributed by atoms with Crippen molar-refractivity contribution in [3.8, 4) is 0 Å². The van der Waals surface area contributed by atoms with Gasteiger partial charge in [0.15, 0.2) is 0 Å². The topological polar surface area (TPSA) is 49.5 Å². The van der Waals surface area contributed by atoms with E-state index in [1.54, 1.807) is 5.01 Å². The number of rotatable bonds is 3. The molecule has 1 fully saturated rings. The molecule has 0 radical (unpaired) electrons. The maximum absolute atomic E-state index is 9.90. The van der Waals surface area contributed by atoms with Crippen LogP contribution in [0.3, 0.4) is 0 Å². The first-order valence-electron chi connectivity index (χ1n) is 5.97. The molecule has 2 atom stereocenters. The third-order valence-corrected chi connectivity index (χ3v) is 3.40. The molecule has 1 saturated heterocycles. The lowest BCUT2D eigenvalue weighted by Gasteiger charge is -2.33. The Morgan fingerprint density at radius 1 is 1.31 bits per heavy atom. The molecule has 0 aromatic heterocycles. The van der Waals surface area contributed by atoms with Crippen LogP contribution >= 0.6 is 0 Å². The van der Waals surface area contributed by atoms with Crippen LogP contribution in [0.4, 0.5) is 0 Å². The number of aryl methyl sites for hydroxylation is 1. The quantitative estimate of drug-likeness (QED) is 0.752. The number of piperidine rings is 1. The highest BCUT2D eigenvalue weighted by atomic mass is 16.3. The SMILES string of the molecule is NN1CCC(CCc2ccccc2)C(O)C1. The minimum absolute atomic E-state index is 0.262. The Hall–Kier alpha value is -0.900. The zero-order chi connectivity index (χ0) is 11.4. The molecule has 0 bridgehead atoms. The fraction of sp³-hybridized carbons (Fsp3) is 0.538. The number of hydrogen-bond donors (Lipinski definition) is 2. The van der Waals surface area contributed by atoms with Crippen molar-refractivity contribution in [1.82, 2.24) is 5.01 Å². The van der Waals surface area contributed by atoms with Crippen molar-refractivity contribution in [2.45, 2.75) is 25.4 Å². The van der Waals surface area contributed by atoms with Crippen molar-refractivity contribution in [2.24, 2.45) is 11.8 Å². The van der Waals surface area contributed by atoms with E-state index in [1.165, 1.54) is 5.56 Å². The number of β-amino-alcohol motifs (C(OH)–C–C–N with tert-alkyl or cyclic N) is 1. The second kappa shape index (κ2) is 5.43. The summed E-state index contributed by atoms with van der Waals surface area (Å²) >= 11 is 0. The normalized spacial score (nSPS) is 26.9. The van der Waals surface area contributed by atoms with Gasteiger partial charge in [-0.2, -0.15) is 0 Å². The lowest BCUT2D eigenvalue weighted by molar-refractivity contribution is 0.0184. The van der Waals surface area contributed by atoms with Gasteiger partial charge in [0.1, 0.15) is 0 Å². The number of hydrazine groups is 1. The van der Waals surface area contributed by atoms with Gasteiger partial charge in [-0.25, -0.2) is 5.01 Å². The van der Waals surface area contributed by atoms with Crippen LogP contribution in [0.15, 0.2) is 30.3 Å². The molecule has 1 aliphatic rings. The molecule has 2 unspecified atom stereocenters. The molecule has 1 aromatic carbocycles. The first-order chi connectivity index (χ1) is 7.75. The third-order valence-electron chi connectivity index (χ3n) is 3.40. The Morgan fingerprint density at radius 2 is 2.06 bits per heavy atom. The summed E-state index contributed by atoms with van der Waals surface area (Å²) < 4.78 is 0. The van der Waals surface area contributed by atoms with Crippen LogP contribution in [0.1, 0.15) is 18.4 Å². The molecule has 0 aliphatic carbocycles. The number of hydrogen-bond acceptors (Lipinski definition) is 3. The summed E-state index contributed by atoms with van der Waals surface area (Å²) in [6.07, 6.45) is 2.85. The summed E-state index contributed by atoms with van der Waals surface area (Å²) in [7, 11) is 0. The molecule has 2 rings (SSSR count). The Kier molecular flexibility index (Phi) is 3.93. The van der Waals surface area contributed by atoms with Crippen LogP contribution in [0.25, 0.3) is 0 Å². The van der Waals surface area contributed by atoms with Crippen molar-refractivity contribution in [3.05, 3.63) is 35.9 Å². The zero-order valence-corrected chi connectivity index (χ0v) is 9.55. The van der Waals surface area contributed by atoms with Gasteiger partial charge in [-0.15, -0.1) is 0 Å². The molecule has 1 heterocycles. The molecule has 16 heavy (non-hydrogen) atoms. The minimum Gasteiger partial charge on any atom is -0.391 e. The van der Waals surface area contributed by atoms with E-state index in [9.17, 15) is 5.11 Å². The lowest BCUT2D eigenvalue weighted by Crippen LogP contribution is -2.47. The summed E-state index contributed by atoms with van der Waals surface area (Å²) in [5.41, 5.74) is 1.35.